The van der Waals surface area contributed by atoms with E-state index in [9.17, 15) is 9.59 Å². The maximum atomic E-state index is 10.5. The van der Waals surface area contributed by atoms with E-state index in [2.05, 4.69) is 0 Å². The van der Waals surface area contributed by atoms with Gasteiger partial charge in [-0.1, -0.05) is 0 Å². The monoisotopic (exact) mass is 198 g/mol. The third kappa shape index (κ3) is 3.90. The number of carbonyl (C=O) groups excluding carboxylic acids is 1. The van der Waals surface area contributed by atoms with E-state index in [0.29, 0.717) is 5.92 Å². The van der Waals surface area contributed by atoms with Gasteiger partial charge in [0.1, 0.15) is 6.29 Å². The van der Waals surface area contributed by atoms with Crippen LogP contribution in [0.5, 0.6) is 0 Å². The number of hydrogen-bond donors (Lipinski definition) is 1. The fraction of sp³-hybridized carbons (Fsp3) is 0.818. The van der Waals surface area contributed by atoms with Crippen LogP contribution in [0.1, 0.15) is 44.9 Å². The maximum absolute atomic E-state index is 10.5. The Morgan fingerprint density at radius 1 is 1.29 bits per heavy atom. The molecule has 1 aliphatic rings. The number of hydrogen-bond acceptors (Lipinski definition) is 2. The van der Waals surface area contributed by atoms with E-state index in [1.54, 1.807) is 0 Å². The second-order valence-corrected chi connectivity index (χ2v) is 4.20. The van der Waals surface area contributed by atoms with Crippen molar-refractivity contribution in [1.29, 1.82) is 0 Å². The van der Waals surface area contributed by atoms with Gasteiger partial charge in [0, 0.05) is 12.3 Å². The van der Waals surface area contributed by atoms with Gasteiger partial charge in [-0.2, -0.15) is 0 Å². The molecular formula is C11H18O3. The SMILES string of the molecule is O=CC1CCC(CCCC(=O)O)CC1. The van der Waals surface area contributed by atoms with Crippen molar-refractivity contribution < 1.29 is 14.7 Å². The molecule has 0 saturated heterocycles. The molecular weight excluding hydrogens is 180 g/mol. The van der Waals surface area contributed by atoms with Gasteiger partial charge in [-0.3, -0.25) is 4.79 Å². The normalized spacial score (nSPS) is 27.1. The quantitative estimate of drug-likeness (QED) is 0.689. The van der Waals surface area contributed by atoms with Gasteiger partial charge in [0.2, 0.25) is 0 Å². The van der Waals surface area contributed by atoms with Crippen LogP contribution >= 0.6 is 0 Å². The average molecular weight is 198 g/mol. The minimum absolute atomic E-state index is 0.269. The molecule has 0 amide bonds. The maximum Gasteiger partial charge on any atom is 0.303 e. The third-order valence-corrected chi connectivity index (χ3v) is 3.09. The number of aliphatic carboxylic acids is 1. The molecule has 0 aromatic heterocycles. The first kappa shape index (κ1) is 11.2. The van der Waals surface area contributed by atoms with Crippen LogP contribution in [0.25, 0.3) is 0 Å². The van der Waals surface area contributed by atoms with Crippen LogP contribution in [0.2, 0.25) is 0 Å². The molecule has 1 saturated carbocycles. The molecule has 0 heterocycles. The highest BCUT2D eigenvalue weighted by Crippen LogP contribution is 2.30. The Morgan fingerprint density at radius 3 is 2.43 bits per heavy atom. The predicted octanol–water partition coefficient (Wildman–Crippen LogP) is 2.25. The molecule has 80 valence electrons. The molecule has 1 rings (SSSR count). The van der Waals surface area contributed by atoms with Crippen LogP contribution in [0.3, 0.4) is 0 Å². The Bertz CT molecular complexity index is 193. The molecule has 0 bridgehead atoms. The molecule has 1 N–H and O–H groups in total. The van der Waals surface area contributed by atoms with Crippen LogP contribution in [-0.4, -0.2) is 17.4 Å². The molecule has 1 fully saturated rings. The first-order chi connectivity index (χ1) is 6.72. The van der Waals surface area contributed by atoms with Gasteiger partial charge in [-0.05, 0) is 44.4 Å². The van der Waals surface area contributed by atoms with E-state index < -0.39 is 5.97 Å². The molecule has 0 atom stereocenters. The van der Waals surface area contributed by atoms with Crippen molar-refractivity contribution in [3.8, 4) is 0 Å². The molecule has 0 aliphatic heterocycles. The minimum Gasteiger partial charge on any atom is -0.481 e. The Labute approximate surface area is 84.5 Å². The van der Waals surface area contributed by atoms with Gasteiger partial charge in [0.25, 0.3) is 0 Å². The van der Waals surface area contributed by atoms with Crippen LogP contribution in [-0.2, 0) is 9.59 Å². The lowest BCUT2D eigenvalue weighted by molar-refractivity contribution is -0.137. The topological polar surface area (TPSA) is 54.4 Å². The van der Waals surface area contributed by atoms with Crippen molar-refractivity contribution in [2.75, 3.05) is 0 Å². The summed E-state index contributed by atoms with van der Waals surface area (Å²) in [7, 11) is 0. The molecule has 0 spiro atoms. The van der Waals surface area contributed by atoms with Gasteiger partial charge in [-0.25, -0.2) is 0 Å². The van der Waals surface area contributed by atoms with Gasteiger partial charge >= 0.3 is 5.97 Å². The van der Waals surface area contributed by atoms with E-state index in [1.807, 2.05) is 0 Å². The van der Waals surface area contributed by atoms with Crippen molar-refractivity contribution in [1.82, 2.24) is 0 Å². The lowest BCUT2D eigenvalue weighted by Gasteiger charge is -2.24. The number of rotatable bonds is 5. The first-order valence-electron chi connectivity index (χ1n) is 5.39. The highest BCUT2D eigenvalue weighted by atomic mass is 16.4. The molecule has 0 unspecified atom stereocenters. The summed E-state index contributed by atoms with van der Waals surface area (Å²) >= 11 is 0. The second kappa shape index (κ2) is 5.78. The standard InChI is InChI=1S/C11H18O3/c12-8-10-6-4-9(5-7-10)2-1-3-11(13)14/h8-10H,1-7H2,(H,13,14). The number of carbonyl (C=O) groups is 2. The number of aldehydes is 1. The van der Waals surface area contributed by atoms with Gasteiger partial charge in [0.05, 0.1) is 0 Å². The van der Waals surface area contributed by atoms with E-state index in [0.717, 1.165) is 44.8 Å². The number of carboxylic acids is 1. The summed E-state index contributed by atoms with van der Waals surface area (Å²) in [4.78, 5) is 20.8. The summed E-state index contributed by atoms with van der Waals surface area (Å²) in [6.07, 6.45) is 7.35. The summed E-state index contributed by atoms with van der Waals surface area (Å²) < 4.78 is 0. The fourth-order valence-corrected chi connectivity index (χ4v) is 2.15. The minimum atomic E-state index is -0.702. The van der Waals surface area contributed by atoms with Crippen molar-refractivity contribution in [2.45, 2.75) is 44.9 Å². The largest absolute Gasteiger partial charge is 0.481 e. The van der Waals surface area contributed by atoms with Gasteiger partial charge in [-0.15, -0.1) is 0 Å². The van der Waals surface area contributed by atoms with E-state index in [4.69, 9.17) is 5.11 Å². The van der Waals surface area contributed by atoms with Gasteiger partial charge in [0.15, 0.2) is 0 Å². The summed E-state index contributed by atoms with van der Waals surface area (Å²) in [5, 5.41) is 8.48. The molecule has 0 aromatic carbocycles. The zero-order valence-corrected chi connectivity index (χ0v) is 8.45. The van der Waals surface area contributed by atoms with Crippen molar-refractivity contribution >= 4 is 12.3 Å². The Balaban J connectivity index is 2.10. The van der Waals surface area contributed by atoms with Gasteiger partial charge < -0.3 is 9.90 Å². The zero-order chi connectivity index (χ0) is 10.4. The lowest BCUT2D eigenvalue weighted by Crippen LogP contribution is -2.15. The Morgan fingerprint density at radius 2 is 1.93 bits per heavy atom. The molecule has 0 radical (unpaired) electrons. The first-order valence-corrected chi connectivity index (χ1v) is 5.39. The fourth-order valence-electron chi connectivity index (χ4n) is 2.15. The second-order valence-electron chi connectivity index (χ2n) is 4.20. The lowest BCUT2D eigenvalue weighted by atomic mass is 9.80. The Kier molecular flexibility index (Phi) is 4.63. The Hall–Kier alpha value is -0.860. The van der Waals surface area contributed by atoms with E-state index in [1.165, 1.54) is 0 Å². The van der Waals surface area contributed by atoms with Crippen LogP contribution in [0.4, 0.5) is 0 Å². The summed E-state index contributed by atoms with van der Waals surface area (Å²) in [5.41, 5.74) is 0. The zero-order valence-electron chi connectivity index (χ0n) is 8.45. The van der Waals surface area contributed by atoms with E-state index >= 15 is 0 Å². The molecule has 0 aromatic rings. The highest BCUT2D eigenvalue weighted by Gasteiger charge is 2.20. The molecule has 3 heteroatoms. The number of carboxylic acid groups (broad SMARTS) is 1. The molecule has 1 aliphatic carbocycles. The predicted molar refractivity (Wildman–Crippen MR) is 53.0 cm³/mol. The molecule has 3 nitrogen and oxygen atoms in total. The highest BCUT2D eigenvalue weighted by molar-refractivity contribution is 5.66. The van der Waals surface area contributed by atoms with Crippen molar-refractivity contribution in [3.63, 3.8) is 0 Å². The summed E-state index contributed by atoms with van der Waals surface area (Å²) in [5.74, 6) is 0.225. The van der Waals surface area contributed by atoms with Crippen LogP contribution < -0.4 is 0 Å². The molecule has 14 heavy (non-hydrogen) atoms. The van der Waals surface area contributed by atoms with Crippen LogP contribution in [0.15, 0.2) is 0 Å². The average Bonchev–Trinajstić information content (AvgIpc) is 2.18. The van der Waals surface area contributed by atoms with Crippen molar-refractivity contribution in [2.24, 2.45) is 11.8 Å². The summed E-state index contributed by atoms with van der Waals surface area (Å²) in [6, 6.07) is 0. The van der Waals surface area contributed by atoms with E-state index in [-0.39, 0.29) is 12.3 Å². The smallest absolute Gasteiger partial charge is 0.303 e. The third-order valence-electron chi connectivity index (χ3n) is 3.09. The summed E-state index contributed by atoms with van der Waals surface area (Å²) in [6.45, 7) is 0. The van der Waals surface area contributed by atoms with Crippen molar-refractivity contribution in [3.05, 3.63) is 0 Å². The van der Waals surface area contributed by atoms with Crippen LogP contribution in [0, 0.1) is 11.8 Å².